The molecule has 1 aliphatic rings. The molecule has 2 aromatic rings. The molecule has 6 nitrogen and oxygen atoms in total. The third kappa shape index (κ3) is 1.50. The van der Waals surface area contributed by atoms with Crippen molar-refractivity contribution < 1.29 is 9.53 Å². The van der Waals surface area contributed by atoms with Crippen LogP contribution >= 0.6 is 0 Å². The molecular weight excluding hydrogens is 232 g/mol. The molecule has 1 amide bonds. The summed E-state index contributed by atoms with van der Waals surface area (Å²) in [4.78, 5) is 20.0. The van der Waals surface area contributed by atoms with Crippen LogP contribution < -0.4 is 11.1 Å². The smallest absolute Gasteiger partial charge is 0.252 e. The number of hydrogen-bond donors (Lipinski definition) is 2. The van der Waals surface area contributed by atoms with Gasteiger partial charge in [-0.1, -0.05) is 0 Å². The third-order valence-corrected chi connectivity index (χ3v) is 3.07. The van der Waals surface area contributed by atoms with E-state index < -0.39 is 0 Å². The Morgan fingerprint density at radius 1 is 1.44 bits per heavy atom. The molecule has 0 aromatic carbocycles. The number of nitrogens with zero attached hydrogens (tertiary/aromatic N) is 2. The number of fused-ring (bicyclic) bond motifs is 3. The van der Waals surface area contributed by atoms with E-state index in [0.717, 1.165) is 16.5 Å². The molecule has 0 aliphatic carbocycles. The van der Waals surface area contributed by atoms with Crippen LogP contribution in [0.4, 0.5) is 5.82 Å². The van der Waals surface area contributed by atoms with Gasteiger partial charge in [0.1, 0.15) is 5.82 Å². The van der Waals surface area contributed by atoms with Crippen LogP contribution in [0.25, 0.3) is 11.0 Å². The van der Waals surface area contributed by atoms with E-state index in [1.807, 2.05) is 0 Å². The molecule has 2 aromatic heterocycles. The molecule has 18 heavy (non-hydrogen) atoms. The fourth-order valence-corrected chi connectivity index (χ4v) is 2.12. The number of ether oxygens (including phenoxy) is 1. The maximum Gasteiger partial charge on any atom is 0.252 e. The standard InChI is InChI=1S/C12H12N4O2/c1-14-12(17)6-2-7-8-4-18-5-9(8)10(13)16-11(7)15-3-6/h2-3H,4-5H2,1H3,(H,14,17)(H2,13,15,16). The first-order chi connectivity index (χ1) is 8.70. The van der Waals surface area contributed by atoms with Crippen LogP contribution in [0.1, 0.15) is 21.5 Å². The quantitative estimate of drug-likeness (QED) is 0.766. The molecule has 3 rings (SSSR count). The summed E-state index contributed by atoms with van der Waals surface area (Å²) in [5.74, 6) is 0.282. The van der Waals surface area contributed by atoms with Crippen molar-refractivity contribution in [2.75, 3.05) is 12.8 Å². The molecular formula is C12H12N4O2. The summed E-state index contributed by atoms with van der Waals surface area (Å²) >= 11 is 0. The summed E-state index contributed by atoms with van der Waals surface area (Å²) in [7, 11) is 1.58. The Balaban J connectivity index is 2.27. The normalized spacial score (nSPS) is 13.6. The first-order valence-electron chi connectivity index (χ1n) is 5.57. The van der Waals surface area contributed by atoms with Crippen molar-refractivity contribution in [1.82, 2.24) is 15.3 Å². The van der Waals surface area contributed by atoms with E-state index in [-0.39, 0.29) is 5.91 Å². The predicted octanol–water partition coefficient (Wildman–Crippen LogP) is 0.602. The minimum absolute atomic E-state index is 0.172. The highest BCUT2D eigenvalue weighted by atomic mass is 16.5. The van der Waals surface area contributed by atoms with Gasteiger partial charge in [0.2, 0.25) is 0 Å². The van der Waals surface area contributed by atoms with E-state index in [9.17, 15) is 4.79 Å². The van der Waals surface area contributed by atoms with Gasteiger partial charge in [0.05, 0.1) is 18.8 Å². The molecule has 0 fully saturated rings. The Morgan fingerprint density at radius 2 is 2.22 bits per heavy atom. The molecule has 0 atom stereocenters. The zero-order valence-corrected chi connectivity index (χ0v) is 9.86. The van der Waals surface area contributed by atoms with Gasteiger partial charge in [-0.05, 0) is 11.6 Å². The number of pyridine rings is 2. The van der Waals surface area contributed by atoms with Crippen LogP contribution in [0.5, 0.6) is 0 Å². The molecule has 0 radical (unpaired) electrons. The van der Waals surface area contributed by atoms with Crippen LogP contribution in [0.3, 0.4) is 0 Å². The van der Waals surface area contributed by atoms with Gasteiger partial charge < -0.3 is 15.8 Å². The van der Waals surface area contributed by atoms with Crippen LogP contribution in [0.2, 0.25) is 0 Å². The lowest BCUT2D eigenvalue weighted by atomic mass is 10.1. The van der Waals surface area contributed by atoms with Crippen molar-refractivity contribution >= 4 is 22.8 Å². The van der Waals surface area contributed by atoms with Gasteiger partial charge in [-0.25, -0.2) is 9.97 Å². The van der Waals surface area contributed by atoms with Crippen molar-refractivity contribution in [3.63, 3.8) is 0 Å². The Labute approximate surface area is 103 Å². The zero-order chi connectivity index (χ0) is 12.7. The Kier molecular flexibility index (Phi) is 2.38. The lowest BCUT2D eigenvalue weighted by molar-refractivity contribution is 0.0963. The first-order valence-corrected chi connectivity index (χ1v) is 5.57. The summed E-state index contributed by atoms with van der Waals surface area (Å²) in [6, 6.07) is 1.78. The van der Waals surface area contributed by atoms with E-state index in [0.29, 0.717) is 30.2 Å². The Morgan fingerprint density at radius 3 is 3.00 bits per heavy atom. The summed E-state index contributed by atoms with van der Waals surface area (Å²) in [5, 5.41) is 3.40. The second kappa shape index (κ2) is 3.92. The molecule has 0 spiro atoms. The largest absolute Gasteiger partial charge is 0.383 e. The van der Waals surface area contributed by atoms with Gasteiger partial charge in [-0.3, -0.25) is 4.79 Å². The van der Waals surface area contributed by atoms with Gasteiger partial charge in [0.25, 0.3) is 5.91 Å². The highest BCUT2D eigenvalue weighted by Crippen LogP contribution is 2.30. The molecule has 0 unspecified atom stereocenters. The Bertz CT molecular complexity index is 654. The summed E-state index contributed by atoms with van der Waals surface area (Å²) in [6.45, 7) is 0.950. The molecule has 1 aliphatic heterocycles. The minimum Gasteiger partial charge on any atom is -0.383 e. The number of nitrogens with one attached hydrogen (secondary N) is 1. The van der Waals surface area contributed by atoms with Crippen molar-refractivity contribution in [1.29, 1.82) is 0 Å². The maximum atomic E-state index is 11.6. The number of carbonyl (C=O) groups is 1. The molecule has 6 heteroatoms. The fourth-order valence-electron chi connectivity index (χ4n) is 2.12. The van der Waals surface area contributed by atoms with Crippen molar-refractivity contribution in [3.05, 3.63) is 29.0 Å². The average molecular weight is 244 g/mol. The van der Waals surface area contributed by atoms with Gasteiger partial charge in [0.15, 0.2) is 5.65 Å². The van der Waals surface area contributed by atoms with Crippen molar-refractivity contribution in [2.45, 2.75) is 13.2 Å². The van der Waals surface area contributed by atoms with Crippen molar-refractivity contribution in [2.24, 2.45) is 0 Å². The summed E-state index contributed by atoms with van der Waals surface area (Å²) < 4.78 is 5.38. The molecule has 92 valence electrons. The second-order valence-electron chi connectivity index (χ2n) is 4.12. The number of amides is 1. The van der Waals surface area contributed by atoms with Gasteiger partial charge in [-0.15, -0.1) is 0 Å². The number of aromatic nitrogens is 2. The molecule has 0 saturated carbocycles. The van der Waals surface area contributed by atoms with E-state index in [4.69, 9.17) is 10.5 Å². The number of carbonyl (C=O) groups excluding carboxylic acids is 1. The van der Waals surface area contributed by atoms with Crippen molar-refractivity contribution in [3.8, 4) is 0 Å². The van der Waals surface area contributed by atoms with E-state index in [1.54, 1.807) is 13.1 Å². The van der Waals surface area contributed by atoms with Crippen LogP contribution in [0, 0.1) is 0 Å². The van der Waals surface area contributed by atoms with Gasteiger partial charge >= 0.3 is 0 Å². The molecule has 0 saturated heterocycles. The van der Waals surface area contributed by atoms with E-state index in [1.165, 1.54) is 6.20 Å². The number of hydrogen-bond acceptors (Lipinski definition) is 5. The SMILES string of the molecule is CNC(=O)c1cnc2nc(N)c3c(c2c1)COC3. The highest BCUT2D eigenvalue weighted by Gasteiger charge is 2.20. The lowest BCUT2D eigenvalue weighted by Crippen LogP contribution is -2.18. The first kappa shape index (κ1) is 10.9. The second-order valence-corrected chi connectivity index (χ2v) is 4.12. The predicted molar refractivity (Wildman–Crippen MR) is 65.8 cm³/mol. The Hall–Kier alpha value is -2.21. The van der Waals surface area contributed by atoms with Crippen LogP contribution in [-0.2, 0) is 18.0 Å². The number of nitrogens with two attached hydrogens (primary N) is 1. The summed E-state index contributed by atoms with van der Waals surface area (Å²) in [5.41, 5.74) is 8.79. The van der Waals surface area contributed by atoms with E-state index in [2.05, 4.69) is 15.3 Å². The summed E-state index contributed by atoms with van der Waals surface area (Å²) in [6.07, 6.45) is 1.50. The third-order valence-electron chi connectivity index (χ3n) is 3.07. The van der Waals surface area contributed by atoms with Gasteiger partial charge in [-0.2, -0.15) is 0 Å². The van der Waals surface area contributed by atoms with Crippen LogP contribution in [0.15, 0.2) is 12.3 Å². The number of nitrogen functional groups attached to an aromatic ring is 1. The van der Waals surface area contributed by atoms with E-state index >= 15 is 0 Å². The highest BCUT2D eigenvalue weighted by molar-refractivity contribution is 5.97. The topological polar surface area (TPSA) is 90.1 Å². The minimum atomic E-state index is -0.172. The molecule has 0 bridgehead atoms. The maximum absolute atomic E-state index is 11.6. The molecule has 3 heterocycles. The lowest BCUT2D eigenvalue weighted by Gasteiger charge is -2.07. The fraction of sp³-hybridized carbons (Fsp3) is 0.250. The number of rotatable bonds is 1. The molecule has 3 N–H and O–H groups in total. The number of anilines is 1. The monoisotopic (exact) mass is 244 g/mol. The van der Waals surface area contributed by atoms with Crippen LogP contribution in [-0.4, -0.2) is 22.9 Å². The average Bonchev–Trinajstić information content (AvgIpc) is 2.88. The zero-order valence-electron chi connectivity index (χ0n) is 9.86. The van der Waals surface area contributed by atoms with Gasteiger partial charge in [0, 0.05) is 24.2 Å².